The molecule has 0 aliphatic carbocycles. The van der Waals surface area contributed by atoms with E-state index in [0.29, 0.717) is 12.0 Å². The van der Waals surface area contributed by atoms with Crippen molar-refractivity contribution in [2.24, 2.45) is 17.4 Å². The molecular formula is C23H35N5O7. The van der Waals surface area contributed by atoms with Crippen molar-refractivity contribution in [3.05, 3.63) is 35.9 Å². The second-order valence-corrected chi connectivity index (χ2v) is 8.32. The van der Waals surface area contributed by atoms with Crippen molar-refractivity contribution in [2.45, 2.75) is 63.7 Å². The quantitative estimate of drug-likeness (QED) is 0.151. The smallest absolute Gasteiger partial charge is 0.328 e. The largest absolute Gasteiger partial charge is 0.480 e. The average molecular weight is 494 g/mol. The molecule has 0 saturated carbocycles. The standard InChI is InChI=1S/C23H35N5O7/c1-3-13(2)19(28-20(31)15(24)9-10-18(25)30)22(33)26-16(11-14-7-5-4-6-8-14)21(32)27-17(12-29)23(34)35/h4-8,13,15-17,19,29H,3,9-12,24H2,1-2H3,(H2,25,30)(H,26,33)(H,27,32)(H,28,31)(H,34,35). The van der Waals surface area contributed by atoms with E-state index < -0.39 is 60.4 Å². The summed E-state index contributed by atoms with van der Waals surface area (Å²) < 4.78 is 0. The molecule has 1 aromatic carbocycles. The first-order chi connectivity index (χ1) is 16.5. The van der Waals surface area contributed by atoms with Gasteiger partial charge in [0, 0.05) is 12.8 Å². The second kappa shape index (κ2) is 14.7. The highest BCUT2D eigenvalue weighted by Crippen LogP contribution is 2.11. The van der Waals surface area contributed by atoms with E-state index in [1.54, 1.807) is 37.3 Å². The van der Waals surface area contributed by atoms with Crippen molar-refractivity contribution in [3.63, 3.8) is 0 Å². The molecule has 9 N–H and O–H groups in total. The zero-order valence-corrected chi connectivity index (χ0v) is 19.9. The number of aliphatic hydroxyl groups excluding tert-OH is 1. The number of hydrogen-bond donors (Lipinski definition) is 7. The summed E-state index contributed by atoms with van der Waals surface area (Å²) in [5.74, 6) is -4.51. The molecule has 1 rings (SSSR count). The number of rotatable bonds is 15. The fraction of sp³-hybridized carbons (Fsp3) is 0.522. The molecule has 0 radical (unpaired) electrons. The number of primary amides is 1. The van der Waals surface area contributed by atoms with E-state index in [1.807, 2.05) is 6.92 Å². The molecular weight excluding hydrogens is 458 g/mol. The Morgan fingerprint density at radius 2 is 1.54 bits per heavy atom. The Balaban J connectivity index is 3.07. The average Bonchev–Trinajstić information content (AvgIpc) is 2.83. The van der Waals surface area contributed by atoms with Crippen LogP contribution < -0.4 is 27.4 Å². The summed E-state index contributed by atoms with van der Waals surface area (Å²) in [4.78, 5) is 60.7. The van der Waals surface area contributed by atoms with Crippen LogP contribution in [0.25, 0.3) is 0 Å². The minimum absolute atomic E-state index is 0.00673. The molecule has 5 atom stereocenters. The summed E-state index contributed by atoms with van der Waals surface area (Å²) in [6, 6.07) is 3.89. The lowest BCUT2D eigenvalue weighted by Crippen LogP contribution is -2.59. The molecule has 0 aliphatic heterocycles. The van der Waals surface area contributed by atoms with Crippen molar-refractivity contribution < 1.29 is 34.2 Å². The summed E-state index contributed by atoms with van der Waals surface area (Å²) in [6.07, 6.45) is 0.460. The van der Waals surface area contributed by atoms with Crippen LogP contribution in [0.1, 0.15) is 38.7 Å². The van der Waals surface area contributed by atoms with Gasteiger partial charge in [0.1, 0.15) is 18.1 Å². The number of aliphatic hydroxyl groups is 1. The van der Waals surface area contributed by atoms with E-state index in [9.17, 15) is 29.1 Å². The number of hydrogen-bond acceptors (Lipinski definition) is 7. The maximum atomic E-state index is 13.2. The molecule has 12 nitrogen and oxygen atoms in total. The maximum Gasteiger partial charge on any atom is 0.328 e. The predicted molar refractivity (Wildman–Crippen MR) is 127 cm³/mol. The summed E-state index contributed by atoms with van der Waals surface area (Å²) in [7, 11) is 0. The first-order valence-electron chi connectivity index (χ1n) is 11.3. The molecule has 35 heavy (non-hydrogen) atoms. The SMILES string of the molecule is CCC(C)C(NC(=O)C(N)CCC(N)=O)C(=O)NC(Cc1ccccc1)C(=O)NC(CO)C(=O)O. The Labute approximate surface area is 203 Å². The molecule has 0 bridgehead atoms. The van der Waals surface area contributed by atoms with Crippen LogP contribution in [-0.2, 0) is 30.4 Å². The molecule has 0 heterocycles. The Morgan fingerprint density at radius 3 is 2.06 bits per heavy atom. The highest BCUT2D eigenvalue weighted by molar-refractivity contribution is 5.94. The number of carbonyl (C=O) groups is 5. The van der Waals surface area contributed by atoms with Gasteiger partial charge in [0.15, 0.2) is 0 Å². The van der Waals surface area contributed by atoms with Crippen molar-refractivity contribution in [1.82, 2.24) is 16.0 Å². The van der Waals surface area contributed by atoms with Crippen LogP contribution in [0.4, 0.5) is 0 Å². The first kappa shape index (κ1) is 29.5. The lowest BCUT2D eigenvalue weighted by molar-refractivity contribution is -0.143. The Kier molecular flexibility index (Phi) is 12.4. The minimum atomic E-state index is -1.55. The van der Waals surface area contributed by atoms with Gasteiger partial charge in [-0.1, -0.05) is 50.6 Å². The number of amides is 4. The predicted octanol–water partition coefficient (Wildman–Crippen LogP) is -1.60. The third-order valence-electron chi connectivity index (χ3n) is 5.54. The molecule has 0 aliphatic rings. The van der Waals surface area contributed by atoms with Gasteiger partial charge in [0.05, 0.1) is 12.6 Å². The fourth-order valence-electron chi connectivity index (χ4n) is 3.17. The highest BCUT2D eigenvalue weighted by Gasteiger charge is 2.32. The van der Waals surface area contributed by atoms with Crippen LogP contribution in [0.15, 0.2) is 30.3 Å². The minimum Gasteiger partial charge on any atom is -0.480 e. The zero-order chi connectivity index (χ0) is 26.5. The number of benzene rings is 1. The van der Waals surface area contributed by atoms with Gasteiger partial charge in [-0.25, -0.2) is 4.79 Å². The van der Waals surface area contributed by atoms with E-state index in [-0.39, 0.29) is 25.2 Å². The van der Waals surface area contributed by atoms with E-state index in [4.69, 9.17) is 16.6 Å². The van der Waals surface area contributed by atoms with Crippen LogP contribution in [-0.4, -0.2) is 70.6 Å². The monoisotopic (exact) mass is 493 g/mol. The van der Waals surface area contributed by atoms with Crippen LogP contribution in [0.5, 0.6) is 0 Å². The van der Waals surface area contributed by atoms with Crippen LogP contribution in [0, 0.1) is 5.92 Å². The molecule has 194 valence electrons. The Morgan fingerprint density at radius 1 is 0.943 bits per heavy atom. The van der Waals surface area contributed by atoms with Crippen LogP contribution >= 0.6 is 0 Å². The second-order valence-electron chi connectivity index (χ2n) is 8.32. The van der Waals surface area contributed by atoms with Gasteiger partial charge in [-0.05, 0) is 17.9 Å². The van der Waals surface area contributed by atoms with Gasteiger partial charge in [-0.3, -0.25) is 19.2 Å². The van der Waals surface area contributed by atoms with E-state index in [2.05, 4.69) is 16.0 Å². The normalized spacial score (nSPS) is 15.1. The fourth-order valence-corrected chi connectivity index (χ4v) is 3.17. The maximum absolute atomic E-state index is 13.2. The van der Waals surface area contributed by atoms with E-state index in [1.165, 1.54) is 0 Å². The van der Waals surface area contributed by atoms with Crippen LogP contribution in [0.2, 0.25) is 0 Å². The van der Waals surface area contributed by atoms with Gasteiger partial charge < -0.3 is 37.6 Å². The molecule has 0 spiro atoms. The Hall–Kier alpha value is -3.51. The third-order valence-corrected chi connectivity index (χ3v) is 5.54. The number of nitrogens with two attached hydrogens (primary N) is 2. The molecule has 0 saturated heterocycles. The summed E-state index contributed by atoms with van der Waals surface area (Å²) >= 11 is 0. The van der Waals surface area contributed by atoms with Gasteiger partial charge in [-0.15, -0.1) is 0 Å². The summed E-state index contributed by atoms with van der Waals surface area (Å²) in [5, 5.41) is 25.8. The first-order valence-corrected chi connectivity index (χ1v) is 11.3. The van der Waals surface area contributed by atoms with Crippen LogP contribution in [0.3, 0.4) is 0 Å². The number of nitrogens with one attached hydrogen (secondary N) is 3. The van der Waals surface area contributed by atoms with E-state index >= 15 is 0 Å². The number of carbonyl (C=O) groups excluding carboxylic acids is 4. The van der Waals surface area contributed by atoms with Gasteiger partial charge in [0.25, 0.3) is 0 Å². The Bertz CT molecular complexity index is 880. The van der Waals surface area contributed by atoms with Gasteiger partial charge in [-0.2, -0.15) is 0 Å². The third kappa shape index (κ3) is 10.1. The van der Waals surface area contributed by atoms with E-state index in [0.717, 1.165) is 0 Å². The van der Waals surface area contributed by atoms with Crippen molar-refractivity contribution >= 4 is 29.6 Å². The lowest BCUT2D eigenvalue weighted by Gasteiger charge is -2.28. The molecule has 12 heteroatoms. The zero-order valence-electron chi connectivity index (χ0n) is 19.9. The lowest BCUT2D eigenvalue weighted by atomic mass is 9.96. The van der Waals surface area contributed by atoms with Crippen molar-refractivity contribution in [3.8, 4) is 0 Å². The topological polar surface area (TPSA) is 214 Å². The molecule has 1 aromatic rings. The molecule has 4 amide bonds. The number of aliphatic carboxylic acids is 1. The summed E-state index contributed by atoms with van der Waals surface area (Å²) in [6.45, 7) is 2.72. The molecule has 0 fully saturated rings. The summed E-state index contributed by atoms with van der Waals surface area (Å²) in [5.41, 5.74) is 11.6. The molecule has 5 unspecified atom stereocenters. The van der Waals surface area contributed by atoms with Crippen molar-refractivity contribution in [2.75, 3.05) is 6.61 Å². The van der Waals surface area contributed by atoms with Crippen molar-refractivity contribution in [1.29, 1.82) is 0 Å². The number of carboxylic acids is 1. The molecule has 0 aromatic heterocycles. The number of carboxylic acid groups (broad SMARTS) is 1. The highest BCUT2D eigenvalue weighted by atomic mass is 16.4. The van der Waals surface area contributed by atoms with Gasteiger partial charge in [0.2, 0.25) is 23.6 Å². The van der Waals surface area contributed by atoms with Gasteiger partial charge >= 0.3 is 5.97 Å².